The third kappa shape index (κ3) is 3.99. The normalized spacial score (nSPS) is 15.8. The van der Waals surface area contributed by atoms with Crippen molar-refractivity contribution in [1.82, 2.24) is 4.90 Å². The van der Waals surface area contributed by atoms with E-state index < -0.39 is 24.0 Å². The Morgan fingerprint density at radius 1 is 1.09 bits per heavy atom. The maximum absolute atomic E-state index is 13.6. The highest BCUT2D eigenvalue weighted by molar-refractivity contribution is 6.31. The molecule has 4 aromatic rings. The number of benzene rings is 3. The van der Waals surface area contributed by atoms with Crippen molar-refractivity contribution < 1.29 is 23.8 Å². The van der Waals surface area contributed by atoms with Crippen LogP contribution < -0.4 is 5.43 Å². The van der Waals surface area contributed by atoms with Crippen LogP contribution in [-0.2, 0) is 4.74 Å². The molecule has 0 bridgehead atoms. The van der Waals surface area contributed by atoms with E-state index in [9.17, 15) is 19.5 Å². The average Bonchev–Trinajstić information content (AvgIpc) is 3.16. The van der Waals surface area contributed by atoms with Crippen molar-refractivity contribution in [2.45, 2.75) is 12.1 Å². The number of halogens is 1. The van der Waals surface area contributed by atoms with Gasteiger partial charge in [0.05, 0.1) is 42.3 Å². The fraction of sp³-hybridized carbons (Fsp3) is 0.148. The van der Waals surface area contributed by atoms with Gasteiger partial charge in [-0.1, -0.05) is 54.1 Å². The molecule has 2 atom stereocenters. The second-order valence-corrected chi connectivity index (χ2v) is 8.65. The lowest BCUT2D eigenvalue weighted by atomic mass is 9.97. The summed E-state index contributed by atoms with van der Waals surface area (Å²) in [6.07, 6.45) is -0.995. The zero-order valence-corrected chi connectivity index (χ0v) is 19.4. The smallest absolute Gasteiger partial charge is 0.337 e. The van der Waals surface area contributed by atoms with Gasteiger partial charge < -0.3 is 19.2 Å². The Morgan fingerprint density at radius 3 is 2.49 bits per heavy atom. The van der Waals surface area contributed by atoms with E-state index in [4.69, 9.17) is 20.8 Å². The SMILES string of the molecule is COC(=O)c1ccc([C@@H]2c3c(oc4ccc(Cl)cc4c3=O)C(=O)N2C[C@H](O)c2ccccc2)cc1. The number of carbonyl (C=O) groups is 2. The van der Waals surface area contributed by atoms with Gasteiger partial charge in [0.15, 0.2) is 5.43 Å². The van der Waals surface area contributed by atoms with Gasteiger partial charge in [0.1, 0.15) is 5.58 Å². The molecule has 35 heavy (non-hydrogen) atoms. The number of nitrogens with zero attached hydrogens (tertiary/aromatic N) is 1. The number of β-amino-alcohol motifs (C(OH)–C–C–N with tert-alkyl or cyclic N) is 1. The van der Waals surface area contributed by atoms with Crippen molar-refractivity contribution in [3.05, 3.63) is 116 Å². The van der Waals surface area contributed by atoms with Crippen molar-refractivity contribution in [3.8, 4) is 0 Å². The number of aliphatic hydroxyl groups is 1. The fourth-order valence-electron chi connectivity index (χ4n) is 4.41. The molecule has 1 amide bonds. The molecule has 0 aliphatic carbocycles. The Labute approximate surface area is 205 Å². The lowest BCUT2D eigenvalue weighted by molar-refractivity contribution is 0.0579. The topological polar surface area (TPSA) is 97.0 Å². The van der Waals surface area contributed by atoms with Crippen LogP contribution in [0, 0.1) is 0 Å². The van der Waals surface area contributed by atoms with Crippen LogP contribution in [0.2, 0.25) is 5.02 Å². The van der Waals surface area contributed by atoms with E-state index in [1.54, 1.807) is 60.7 Å². The quantitative estimate of drug-likeness (QED) is 0.414. The van der Waals surface area contributed by atoms with Crippen LogP contribution in [0.3, 0.4) is 0 Å². The highest BCUT2D eigenvalue weighted by Gasteiger charge is 2.43. The minimum atomic E-state index is -0.995. The third-order valence-corrected chi connectivity index (χ3v) is 6.36. The number of methoxy groups -OCH3 is 1. The predicted octanol–water partition coefficient (Wildman–Crippen LogP) is 4.51. The van der Waals surface area contributed by atoms with Crippen molar-refractivity contribution in [2.75, 3.05) is 13.7 Å². The lowest BCUT2D eigenvalue weighted by Gasteiger charge is -2.27. The molecule has 0 saturated heterocycles. The number of hydrogen-bond acceptors (Lipinski definition) is 6. The van der Waals surface area contributed by atoms with Gasteiger partial charge in [0, 0.05) is 5.02 Å². The highest BCUT2D eigenvalue weighted by Crippen LogP contribution is 2.39. The van der Waals surface area contributed by atoms with E-state index in [-0.39, 0.29) is 34.3 Å². The van der Waals surface area contributed by atoms with Gasteiger partial charge in [-0.25, -0.2) is 4.79 Å². The molecule has 2 heterocycles. The summed E-state index contributed by atoms with van der Waals surface area (Å²) in [4.78, 5) is 40.4. The number of carbonyl (C=O) groups excluding carboxylic acids is 2. The summed E-state index contributed by atoms with van der Waals surface area (Å²) >= 11 is 6.12. The maximum Gasteiger partial charge on any atom is 0.337 e. The maximum atomic E-state index is 13.6. The standard InChI is InChI=1S/C27H20ClNO6/c1-34-27(33)17-9-7-16(8-10-17)23-22-24(31)19-13-18(28)11-12-21(19)35-25(22)26(32)29(23)14-20(30)15-5-3-2-4-6-15/h2-13,20,23,30H,14H2,1H3/t20-,23+/m0/s1. The summed E-state index contributed by atoms with van der Waals surface area (Å²) in [6, 6.07) is 19.2. The number of esters is 1. The molecule has 0 unspecified atom stereocenters. The number of hydrogen-bond donors (Lipinski definition) is 1. The lowest BCUT2D eigenvalue weighted by Crippen LogP contribution is -2.33. The number of aliphatic hydroxyl groups excluding tert-OH is 1. The predicted molar refractivity (Wildman–Crippen MR) is 130 cm³/mol. The second-order valence-electron chi connectivity index (χ2n) is 8.21. The van der Waals surface area contributed by atoms with Gasteiger partial charge in [-0.15, -0.1) is 0 Å². The van der Waals surface area contributed by atoms with E-state index in [0.29, 0.717) is 21.7 Å². The first-order valence-electron chi connectivity index (χ1n) is 10.9. The van der Waals surface area contributed by atoms with Crippen LogP contribution in [0.25, 0.3) is 11.0 Å². The molecule has 3 aromatic carbocycles. The van der Waals surface area contributed by atoms with Gasteiger partial charge in [-0.3, -0.25) is 9.59 Å². The van der Waals surface area contributed by atoms with Crippen LogP contribution in [-0.4, -0.2) is 35.5 Å². The highest BCUT2D eigenvalue weighted by atomic mass is 35.5. The van der Waals surface area contributed by atoms with E-state index in [1.165, 1.54) is 18.1 Å². The van der Waals surface area contributed by atoms with Crippen LogP contribution in [0.1, 0.15) is 49.7 Å². The molecular formula is C27H20ClNO6. The first-order chi connectivity index (χ1) is 16.9. The number of rotatable bonds is 5. The number of ether oxygens (including phenoxy) is 1. The minimum absolute atomic E-state index is 0.0764. The second kappa shape index (κ2) is 9.02. The Bertz CT molecular complexity index is 1500. The number of fused-ring (bicyclic) bond motifs is 2. The fourth-order valence-corrected chi connectivity index (χ4v) is 4.59. The van der Waals surface area contributed by atoms with Crippen LogP contribution in [0.5, 0.6) is 0 Å². The van der Waals surface area contributed by atoms with Crippen LogP contribution in [0.15, 0.2) is 82.0 Å². The van der Waals surface area contributed by atoms with Gasteiger partial charge in [-0.2, -0.15) is 0 Å². The van der Waals surface area contributed by atoms with Crippen LogP contribution >= 0.6 is 11.6 Å². The first kappa shape index (κ1) is 22.8. The Balaban J connectivity index is 1.66. The summed E-state index contributed by atoms with van der Waals surface area (Å²) in [5.41, 5.74) is 1.57. The van der Waals surface area contributed by atoms with E-state index in [2.05, 4.69) is 0 Å². The monoisotopic (exact) mass is 489 g/mol. The zero-order valence-electron chi connectivity index (χ0n) is 18.6. The summed E-state index contributed by atoms with van der Waals surface area (Å²) in [5, 5.41) is 11.5. The molecule has 1 aromatic heterocycles. The van der Waals surface area contributed by atoms with Crippen molar-refractivity contribution in [3.63, 3.8) is 0 Å². The molecule has 5 rings (SSSR count). The molecule has 0 spiro atoms. The van der Waals surface area contributed by atoms with Crippen molar-refractivity contribution >= 4 is 34.4 Å². The Kier molecular flexibility index (Phi) is 5.88. The molecule has 1 aliphatic rings. The Hall–Kier alpha value is -3.94. The molecular weight excluding hydrogens is 470 g/mol. The molecule has 7 nitrogen and oxygen atoms in total. The van der Waals surface area contributed by atoms with Gasteiger partial charge in [0.25, 0.3) is 5.91 Å². The molecule has 8 heteroatoms. The van der Waals surface area contributed by atoms with E-state index in [0.717, 1.165) is 0 Å². The molecule has 176 valence electrons. The van der Waals surface area contributed by atoms with Gasteiger partial charge in [0.2, 0.25) is 5.76 Å². The molecule has 1 aliphatic heterocycles. The molecule has 1 N–H and O–H groups in total. The number of amides is 1. The summed E-state index contributed by atoms with van der Waals surface area (Å²) in [5.74, 6) is -1.09. The Morgan fingerprint density at radius 2 is 1.80 bits per heavy atom. The van der Waals surface area contributed by atoms with Gasteiger partial charge in [-0.05, 0) is 41.5 Å². The summed E-state index contributed by atoms with van der Waals surface area (Å²) in [6.45, 7) is -0.0764. The van der Waals surface area contributed by atoms with Crippen molar-refractivity contribution in [1.29, 1.82) is 0 Å². The van der Waals surface area contributed by atoms with E-state index in [1.807, 2.05) is 6.07 Å². The summed E-state index contributed by atoms with van der Waals surface area (Å²) in [7, 11) is 1.29. The van der Waals surface area contributed by atoms with E-state index >= 15 is 0 Å². The summed E-state index contributed by atoms with van der Waals surface area (Å²) < 4.78 is 10.7. The van der Waals surface area contributed by atoms with Crippen LogP contribution in [0.4, 0.5) is 0 Å². The zero-order chi connectivity index (χ0) is 24.7. The first-order valence-corrected chi connectivity index (χ1v) is 11.3. The van der Waals surface area contributed by atoms with Crippen molar-refractivity contribution in [2.24, 2.45) is 0 Å². The molecule has 0 radical (unpaired) electrons. The minimum Gasteiger partial charge on any atom is -0.465 e. The average molecular weight is 490 g/mol. The molecule has 0 saturated carbocycles. The largest absolute Gasteiger partial charge is 0.465 e. The molecule has 0 fully saturated rings. The van der Waals surface area contributed by atoms with Gasteiger partial charge >= 0.3 is 5.97 Å². The third-order valence-electron chi connectivity index (χ3n) is 6.13.